The molecule has 2 aliphatic rings. The summed E-state index contributed by atoms with van der Waals surface area (Å²) in [5.41, 5.74) is 3.61. The molecule has 4 nitrogen and oxygen atoms in total. The van der Waals surface area contributed by atoms with E-state index in [4.69, 9.17) is 0 Å². The summed E-state index contributed by atoms with van der Waals surface area (Å²) in [5, 5.41) is 3.21. The zero-order chi connectivity index (χ0) is 17.9. The average molecular weight is 353 g/mol. The first-order valence-corrected chi connectivity index (χ1v) is 9.34. The van der Waals surface area contributed by atoms with Crippen LogP contribution in [-0.4, -0.2) is 37.1 Å². The van der Waals surface area contributed by atoms with Crippen molar-refractivity contribution in [3.8, 4) is 0 Å². The molecule has 1 aliphatic carbocycles. The van der Waals surface area contributed by atoms with E-state index in [1.165, 1.54) is 23.3 Å². The number of hydrogen-bond donors (Lipinski definition) is 1. The maximum absolute atomic E-state index is 13.1. The van der Waals surface area contributed by atoms with Crippen LogP contribution in [0.1, 0.15) is 30.0 Å². The van der Waals surface area contributed by atoms with Crippen LogP contribution in [0, 0.1) is 5.82 Å². The number of carbonyl (C=O) groups is 1. The van der Waals surface area contributed by atoms with Crippen LogP contribution in [0.2, 0.25) is 0 Å². The van der Waals surface area contributed by atoms with E-state index in [0.717, 1.165) is 44.6 Å². The Labute approximate surface area is 153 Å². The molecule has 136 valence electrons. The first-order valence-electron chi connectivity index (χ1n) is 9.34. The molecule has 2 amide bonds. The SMILES string of the molecule is O=C(NC1CCc2ccccc21)N1CCCN(c2ccc(F)cc2)CC1. The Bertz CT molecular complexity index is 777. The van der Waals surface area contributed by atoms with Gasteiger partial charge in [-0.05, 0) is 54.7 Å². The molecule has 1 fully saturated rings. The Hall–Kier alpha value is -2.56. The lowest BCUT2D eigenvalue weighted by Crippen LogP contribution is -2.43. The van der Waals surface area contributed by atoms with Crippen LogP contribution in [0.25, 0.3) is 0 Å². The molecule has 0 bridgehead atoms. The number of urea groups is 1. The molecule has 1 aliphatic heterocycles. The van der Waals surface area contributed by atoms with Crippen molar-refractivity contribution in [1.82, 2.24) is 10.2 Å². The summed E-state index contributed by atoms with van der Waals surface area (Å²) in [6.07, 6.45) is 2.91. The predicted molar refractivity (Wildman–Crippen MR) is 101 cm³/mol. The van der Waals surface area contributed by atoms with Crippen LogP contribution in [0.5, 0.6) is 0 Å². The number of benzene rings is 2. The number of nitrogens with one attached hydrogen (secondary N) is 1. The fourth-order valence-corrected chi connectivity index (χ4v) is 3.98. The largest absolute Gasteiger partial charge is 0.370 e. The van der Waals surface area contributed by atoms with Gasteiger partial charge in [-0.1, -0.05) is 24.3 Å². The standard InChI is InChI=1S/C21H24FN3O/c22-17-7-9-18(10-8-17)24-12-3-13-25(15-14-24)21(26)23-20-11-6-16-4-1-2-5-19(16)20/h1-2,4-5,7-10,20H,3,6,11-15H2,(H,23,26). The molecule has 2 aromatic carbocycles. The Morgan fingerprint density at radius 1 is 1.00 bits per heavy atom. The minimum atomic E-state index is -0.221. The summed E-state index contributed by atoms with van der Waals surface area (Å²) in [5.74, 6) is -0.221. The van der Waals surface area contributed by atoms with Gasteiger partial charge >= 0.3 is 6.03 Å². The highest BCUT2D eigenvalue weighted by Gasteiger charge is 2.26. The molecule has 1 N–H and O–H groups in total. The average Bonchev–Trinajstić information content (AvgIpc) is 2.89. The van der Waals surface area contributed by atoms with E-state index in [9.17, 15) is 9.18 Å². The normalized spacial score (nSPS) is 19.8. The van der Waals surface area contributed by atoms with E-state index in [-0.39, 0.29) is 17.9 Å². The number of hydrogen-bond acceptors (Lipinski definition) is 2. The van der Waals surface area contributed by atoms with Crippen LogP contribution in [0.15, 0.2) is 48.5 Å². The van der Waals surface area contributed by atoms with Gasteiger partial charge in [0.05, 0.1) is 6.04 Å². The monoisotopic (exact) mass is 353 g/mol. The molecule has 1 heterocycles. The van der Waals surface area contributed by atoms with Gasteiger partial charge < -0.3 is 15.1 Å². The number of carbonyl (C=O) groups excluding carboxylic acids is 1. The van der Waals surface area contributed by atoms with Crippen LogP contribution >= 0.6 is 0 Å². The third-order valence-corrected chi connectivity index (χ3v) is 5.41. The molecule has 1 saturated heterocycles. The minimum absolute atomic E-state index is 0.0210. The molecule has 0 radical (unpaired) electrons. The highest BCUT2D eigenvalue weighted by molar-refractivity contribution is 5.75. The number of halogens is 1. The van der Waals surface area contributed by atoms with Crippen LogP contribution < -0.4 is 10.2 Å². The third-order valence-electron chi connectivity index (χ3n) is 5.41. The summed E-state index contributed by atoms with van der Waals surface area (Å²) in [6, 6.07) is 15.1. The smallest absolute Gasteiger partial charge is 0.317 e. The minimum Gasteiger partial charge on any atom is -0.370 e. The molecule has 5 heteroatoms. The Kier molecular flexibility index (Phi) is 4.78. The highest BCUT2D eigenvalue weighted by Crippen LogP contribution is 2.30. The maximum atomic E-state index is 13.1. The lowest BCUT2D eigenvalue weighted by molar-refractivity contribution is 0.197. The molecule has 26 heavy (non-hydrogen) atoms. The van der Waals surface area contributed by atoms with Gasteiger partial charge in [-0.15, -0.1) is 0 Å². The second-order valence-electron chi connectivity index (χ2n) is 7.04. The lowest BCUT2D eigenvalue weighted by Gasteiger charge is -2.25. The topological polar surface area (TPSA) is 35.6 Å². The van der Waals surface area contributed by atoms with Crippen molar-refractivity contribution in [1.29, 1.82) is 0 Å². The number of anilines is 1. The van der Waals surface area contributed by atoms with Crippen molar-refractivity contribution in [2.45, 2.75) is 25.3 Å². The zero-order valence-electron chi connectivity index (χ0n) is 14.8. The molecule has 2 aromatic rings. The number of aryl methyl sites for hydroxylation is 1. The maximum Gasteiger partial charge on any atom is 0.317 e. The van der Waals surface area contributed by atoms with Crippen LogP contribution in [0.4, 0.5) is 14.9 Å². The molecular formula is C21H24FN3O. The van der Waals surface area contributed by atoms with Crippen LogP contribution in [0.3, 0.4) is 0 Å². The number of nitrogens with zero attached hydrogens (tertiary/aromatic N) is 2. The summed E-state index contributed by atoms with van der Waals surface area (Å²) in [6.45, 7) is 3.07. The van der Waals surface area contributed by atoms with E-state index in [1.54, 1.807) is 12.1 Å². The molecule has 0 aromatic heterocycles. The van der Waals surface area contributed by atoms with Crippen molar-refractivity contribution in [3.05, 3.63) is 65.5 Å². The Morgan fingerprint density at radius 3 is 2.65 bits per heavy atom. The fraction of sp³-hybridized carbons (Fsp3) is 0.381. The van der Waals surface area contributed by atoms with Gasteiger partial charge in [0, 0.05) is 31.9 Å². The zero-order valence-corrected chi connectivity index (χ0v) is 14.8. The first kappa shape index (κ1) is 16.9. The van der Waals surface area contributed by atoms with E-state index in [0.29, 0.717) is 6.54 Å². The van der Waals surface area contributed by atoms with Crippen molar-refractivity contribution in [2.24, 2.45) is 0 Å². The van der Waals surface area contributed by atoms with Gasteiger partial charge in [-0.3, -0.25) is 0 Å². The predicted octanol–water partition coefficient (Wildman–Crippen LogP) is 3.73. The van der Waals surface area contributed by atoms with Gasteiger partial charge in [-0.2, -0.15) is 0 Å². The van der Waals surface area contributed by atoms with E-state index >= 15 is 0 Å². The highest BCUT2D eigenvalue weighted by atomic mass is 19.1. The molecule has 0 saturated carbocycles. The molecule has 1 atom stereocenters. The number of fused-ring (bicyclic) bond motifs is 1. The first-order chi connectivity index (χ1) is 12.7. The van der Waals surface area contributed by atoms with Crippen molar-refractivity contribution in [2.75, 3.05) is 31.1 Å². The van der Waals surface area contributed by atoms with Crippen molar-refractivity contribution < 1.29 is 9.18 Å². The molecular weight excluding hydrogens is 329 g/mol. The van der Waals surface area contributed by atoms with Gasteiger partial charge in [0.1, 0.15) is 5.82 Å². The Morgan fingerprint density at radius 2 is 1.81 bits per heavy atom. The quantitative estimate of drug-likeness (QED) is 0.893. The summed E-state index contributed by atoms with van der Waals surface area (Å²) in [4.78, 5) is 16.9. The van der Waals surface area contributed by atoms with Gasteiger partial charge in [0.25, 0.3) is 0 Å². The number of amides is 2. The third kappa shape index (κ3) is 3.52. The second-order valence-corrected chi connectivity index (χ2v) is 7.04. The molecule has 4 rings (SSSR count). The molecule has 1 unspecified atom stereocenters. The van der Waals surface area contributed by atoms with E-state index in [1.807, 2.05) is 11.0 Å². The fourth-order valence-electron chi connectivity index (χ4n) is 3.98. The van der Waals surface area contributed by atoms with Gasteiger partial charge in [-0.25, -0.2) is 9.18 Å². The summed E-state index contributed by atoms with van der Waals surface area (Å²) < 4.78 is 13.1. The second kappa shape index (κ2) is 7.36. The Balaban J connectivity index is 1.37. The lowest BCUT2D eigenvalue weighted by atomic mass is 10.1. The van der Waals surface area contributed by atoms with Crippen LogP contribution in [-0.2, 0) is 6.42 Å². The molecule has 0 spiro atoms. The van der Waals surface area contributed by atoms with E-state index in [2.05, 4.69) is 28.4 Å². The van der Waals surface area contributed by atoms with Crippen molar-refractivity contribution >= 4 is 11.7 Å². The van der Waals surface area contributed by atoms with Gasteiger partial charge in [0.15, 0.2) is 0 Å². The van der Waals surface area contributed by atoms with E-state index < -0.39 is 0 Å². The van der Waals surface area contributed by atoms with Gasteiger partial charge in [0.2, 0.25) is 0 Å². The summed E-state index contributed by atoms with van der Waals surface area (Å²) in [7, 11) is 0. The van der Waals surface area contributed by atoms with Crippen molar-refractivity contribution in [3.63, 3.8) is 0 Å². The number of rotatable bonds is 2. The summed E-state index contributed by atoms with van der Waals surface area (Å²) >= 11 is 0.